The number of halogens is 1. The first-order valence-corrected chi connectivity index (χ1v) is 14.0. The average Bonchev–Trinajstić information content (AvgIpc) is 2.92. The fraction of sp³-hybridized carbons (Fsp3) is 0.533. The zero-order valence-electron chi connectivity index (χ0n) is 23.4. The number of aromatic hydroxyl groups is 1. The van der Waals surface area contributed by atoms with Gasteiger partial charge in [0.25, 0.3) is 5.91 Å². The lowest BCUT2D eigenvalue weighted by Crippen LogP contribution is -2.43. The number of unbranched alkanes of at least 4 members (excludes halogenated alkanes) is 1. The minimum atomic E-state index is -0.287. The van der Waals surface area contributed by atoms with Crippen LogP contribution in [0.15, 0.2) is 30.3 Å². The summed E-state index contributed by atoms with van der Waals surface area (Å²) in [6, 6.07) is 8.66. The highest BCUT2D eigenvalue weighted by molar-refractivity contribution is 5.97. The van der Waals surface area contributed by atoms with E-state index in [1.54, 1.807) is 18.2 Å². The van der Waals surface area contributed by atoms with Crippen LogP contribution in [0.5, 0.6) is 11.5 Å². The van der Waals surface area contributed by atoms with Crippen molar-refractivity contribution in [2.24, 2.45) is 0 Å². The van der Waals surface area contributed by atoms with Gasteiger partial charge in [0.1, 0.15) is 17.3 Å². The van der Waals surface area contributed by atoms with Gasteiger partial charge in [-0.3, -0.25) is 9.59 Å². The third-order valence-electron chi connectivity index (χ3n) is 7.05. The van der Waals surface area contributed by atoms with Crippen LogP contribution in [0, 0.1) is 12.7 Å². The minimum Gasteiger partial charge on any atom is -0.506 e. The zero-order valence-corrected chi connectivity index (χ0v) is 23.4. The van der Waals surface area contributed by atoms with Crippen LogP contribution in [0.25, 0.3) is 0 Å². The van der Waals surface area contributed by atoms with Crippen molar-refractivity contribution in [1.29, 1.82) is 0 Å². The number of rotatable bonds is 16. The molecule has 8 nitrogen and oxygen atoms in total. The summed E-state index contributed by atoms with van der Waals surface area (Å²) in [4.78, 5) is 26.7. The Kier molecular flexibility index (Phi) is 12.0. The van der Waals surface area contributed by atoms with Gasteiger partial charge in [-0.1, -0.05) is 43.5 Å². The van der Waals surface area contributed by atoms with Gasteiger partial charge in [-0.2, -0.15) is 0 Å². The summed E-state index contributed by atoms with van der Waals surface area (Å²) in [7, 11) is 0. The van der Waals surface area contributed by atoms with E-state index in [0.717, 1.165) is 30.4 Å². The first kappa shape index (κ1) is 30.4. The fourth-order valence-electron chi connectivity index (χ4n) is 4.79. The number of carbonyl (C=O) groups excluding carboxylic acids is 2. The summed E-state index contributed by atoms with van der Waals surface area (Å²) < 4.78 is 19.5. The Morgan fingerprint density at radius 3 is 2.64 bits per heavy atom. The van der Waals surface area contributed by atoms with Crippen molar-refractivity contribution in [2.45, 2.75) is 65.3 Å². The molecule has 0 saturated carbocycles. The normalized spacial score (nSPS) is 13.4. The standard InChI is InChI=1S/C30H43FN4O4/c1-4-5-6-22(3)35(28(38)13-16-32-15-12-24-19-21(2)7-9-25(24)31)18-17-33-14-11-23-8-10-26(36)29-30(23)39-20-27(37)34-29/h7-10,19,22,32-33,36H,4-6,11-18,20H2,1-3H3,(H,34,37)/t22-/m1/s1. The Labute approximate surface area is 231 Å². The van der Waals surface area contributed by atoms with Crippen molar-refractivity contribution in [3.05, 3.63) is 52.8 Å². The molecule has 39 heavy (non-hydrogen) atoms. The topological polar surface area (TPSA) is 103 Å². The number of carbonyl (C=O) groups is 2. The molecule has 0 unspecified atom stereocenters. The largest absolute Gasteiger partial charge is 0.506 e. The van der Waals surface area contributed by atoms with Gasteiger partial charge in [-0.05, 0) is 69.5 Å². The molecule has 0 saturated heterocycles. The fourth-order valence-corrected chi connectivity index (χ4v) is 4.79. The molecule has 3 rings (SSSR count). The molecule has 1 aliphatic heterocycles. The lowest BCUT2D eigenvalue weighted by Gasteiger charge is -2.30. The van der Waals surface area contributed by atoms with Crippen LogP contribution >= 0.6 is 0 Å². The van der Waals surface area contributed by atoms with Crippen molar-refractivity contribution in [2.75, 3.05) is 44.6 Å². The number of fused-ring (bicyclic) bond motifs is 1. The number of phenolic OH excluding ortho intramolecular Hbond substituents is 1. The minimum absolute atomic E-state index is 0.0122. The Morgan fingerprint density at radius 2 is 1.87 bits per heavy atom. The van der Waals surface area contributed by atoms with Crippen molar-refractivity contribution >= 4 is 17.5 Å². The Balaban J connectivity index is 1.44. The highest BCUT2D eigenvalue weighted by Gasteiger charge is 2.22. The number of phenols is 1. The first-order chi connectivity index (χ1) is 18.8. The molecule has 1 heterocycles. The van der Waals surface area contributed by atoms with Gasteiger partial charge in [0, 0.05) is 32.1 Å². The lowest BCUT2D eigenvalue weighted by atomic mass is 10.1. The molecule has 4 N–H and O–H groups in total. The number of amides is 2. The second kappa shape index (κ2) is 15.4. The summed E-state index contributed by atoms with van der Waals surface area (Å²) >= 11 is 0. The monoisotopic (exact) mass is 542 g/mol. The number of benzene rings is 2. The predicted octanol–water partition coefficient (Wildman–Crippen LogP) is 3.93. The smallest absolute Gasteiger partial charge is 0.262 e. The second-order valence-corrected chi connectivity index (χ2v) is 10.2. The van der Waals surface area contributed by atoms with Crippen LogP contribution in [0.4, 0.5) is 10.1 Å². The molecule has 0 bridgehead atoms. The molecule has 1 aliphatic rings. The lowest BCUT2D eigenvalue weighted by molar-refractivity contribution is -0.133. The number of hydrogen-bond acceptors (Lipinski definition) is 6. The van der Waals surface area contributed by atoms with Crippen LogP contribution in [0.2, 0.25) is 0 Å². The van der Waals surface area contributed by atoms with E-state index in [9.17, 15) is 19.1 Å². The summed E-state index contributed by atoms with van der Waals surface area (Å²) in [5.74, 6) is 0.143. The highest BCUT2D eigenvalue weighted by Crippen LogP contribution is 2.39. The number of anilines is 1. The van der Waals surface area contributed by atoms with Crippen molar-refractivity contribution < 1.29 is 23.8 Å². The SMILES string of the molecule is CCCC[C@@H](C)N(CCNCCc1ccc(O)c2c1OCC(=O)N2)C(=O)CCNCCc1cc(C)ccc1F. The number of ether oxygens (including phenoxy) is 1. The van der Waals surface area contributed by atoms with Gasteiger partial charge in [-0.25, -0.2) is 4.39 Å². The van der Waals surface area contributed by atoms with Gasteiger partial charge in [0.2, 0.25) is 5.91 Å². The summed E-state index contributed by atoms with van der Waals surface area (Å²) in [5, 5.41) is 19.4. The molecule has 1 atom stereocenters. The van der Waals surface area contributed by atoms with E-state index in [2.05, 4.69) is 29.8 Å². The van der Waals surface area contributed by atoms with Crippen molar-refractivity contribution in [1.82, 2.24) is 15.5 Å². The van der Waals surface area contributed by atoms with Crippen LogP contribution in [-0.4, -0.2) is 67.2 Å². The van der Waals surface area contributed by atoms with Crippen molar-refractivity contribution in [3.8, 4) is 11.5 Å². The number of nitrogens with zero attached hydrogens (tertiary/aromatic N) is 1. The van der Waals surface area contributed by atoms with Gasteiger partial charge in [-0.15, -0.1) is 0 Å². The van der Waals surface area contributed by atoms with E-state index in [1.165, 1.54) is 6.07 Å². The molecular weight excluding hydrogens is 499 g/mol. The third-order valence-corrected chi connectivity index (χ3v) is 7.05. The zero-order chi connectivity index (χ0) is 28.2. The molecule has 0 spiro atoms. The average molecular weight is 543 g/mol. The molecule has 2 aromatic rings. The van der Waals surface area contributed by atoms with E-state index in [1.807, 2.05) is 17.9 Å². The molecule has 2 amide bonds. The Hall–Kier alpha value is -3.17. The number of hydrogen-bond donors (Lipinski definition) is 4. The summed E-state index contributed by atoms with van der Waals surface area (Å²) in [5.41, 5.74) is 2.95. The molecule has 214 valence electrons. The molecular formula is C30H43FN4O4. The highest BCUT2D eigenvalue weighted by atomic mass is 19.1. The first-order valence-electron chi connectivity index (χ1n) is 14.0. The molecule has 0 fully saturated rings. The maximum atomic E-state index is 14.0. The van der Waals surface area contributed by atoms with Crippen LogP contribution in [0.3, 0.4) is 0 Å². The Bertz CT molecular complexity index is 1110. The summed E-state index contributed by atoms with van der Waals surface area (Å²) in [6.07, 6.45) is 4.76. The van der Waals surface area contributed by atoms with E-state index in [4.69, 9.17) is 4.74 Å². The van der Waals surface area contributed by atoms with Gasteiger partial charge >= 0.3 is 0 Å². The van der Waals surface area contributed by atoms with Crippen LogP contribution in [0.1, 0.15) is 56.2 Å². The van der Waals surface area contributed by atoms with Crippen molar-refractivity contribution in [3.63, 3.8) is 0 Å². The van der Waals surface area contributed by atoms with Gasteiger partial charge < -0.3 is 30.7 Å². The van der Waals surface area contributed by atoms with Gasteiger partial charge in [0.05, 0.1) is 0 Å². The van der Waals surface area contributed by atoms with Crippen LogP contribution in [-0.2, 0) is 22.4 Å². The van der Waals surface area contributed by atoms with E-state index in [0.29, 0.717) is 69.0 Å². The third kappa shape index (κ3) is 9.21. The maximum absolute atomic E-state index is 14.0. The van der Waals surface area contributed by atoms with Gasteiger partial charge in [0.15, 0.2) is 12.4 Å². The second-order valence-electron chi connectivity index (χ2n) is 10.2. The molecule has 2 aromatic carbocycles. The quantitative estimate of drug-likeness (QED) is 0.189. The number of nitrogens with one attached hydrogen (secondary N) is 3. The molecule has 0 radical (unpaired) electrons. The summed E-state index contributed by atoms with van der Waals surface area (Å²) in [6.45, 7) is 9.24. The maximum Gasteiger partial charge on any atom is 0.262 e. The predicted molar refractivity (Wildman–Crippen MR) is 152 cm³/mol. The number of aryl methyl sites for hydroxylation is 1. The van der Waals surface area contributed by atoms with E-state index >= 15 is 0 Å². The Morgan fingerprint density at radius 1 is 1.13 bits per heavy atom. The molecule has 9 heteroatoms. The van der Waals surface area contributed by atoms with Crippen LogP contribution < -0.4 is 20.7 Å². The molecule has 0 aliphatic carbocycles. The molecule has 0 aromatic heterocycles. The van der Waals surface area contributed by atoms with E-state index in [-0.39, 0.29) is 36.0 Å². The van der Waals surface area contributed by atoms with E-state index < -0.39 is 0 Å².